The zero-order valence-electron chi connectivity index (χ0n) is 11.0. The standard InChI is InChI=1S/C11H21N3O4/c1-4-8(10(16)17)13-11(18)12-7-9(15)14(5-2)6-3/h8H,4-7H2,1-3H3,(H,16,17)(H2,12,13,18). The number of urea groups is 1. The first-order chi connectivity index (χ1) is 8.46. The molecule has 1 unspecified atom stereocenters. The highest BCUT2D eigenvalue weighted by Gasteiger charge is 2.18. The van der Waals surface area contributed by atoms with Crippen LogP contribution in [0.1, 0.15) is 27.2 Å². The zero-order valence-corrected chi connectivity index (χ0v) is 11.0. The van der Waals surface area contributed by atoms with Crippen LogP contribution in [0.5, 0.6) is 0 Å². The minimum absolute atomic E-state index is 0.135. The number of carboxylic acids is 1. The number of rotatable bonds is 7. The number of amides is 3. The van der Waals surface area contributed by atoms with Crippen LogP contribution in [0.4, 0.5) is 4.79 Å². The van der Waals surface area contributed by atoms with Crippen LogP contribution in [0.3, 0.4) is 0 Å². The van der Waals surface area contributed by atoms with Crippen LogP contribution in [0.25, 0.3) is 0 Å². The third-order valence-electron chi connectivity index (χ3n) is 2.53. The van der Waals surface area contributed by atoms with E-state index in [-0.39, 0.29) is 18.9 Å². The number of nitrogens with zero attached hydrogens (tertiary/aromatic N) is 1. The maximum absolute atomic E-state index is 11.6. The van der Waals surface area contributed by atoms with Gasteiger partial charge in [0, 0.05) is 13.1 Å². The minimum atomic E-state index is -1.09. The Hall–Kier alpha value is -1.79. The molecule has 0 aromatic rings. The van der Waals surface area contributed by atoms with Crippen molar-refractivity contribution in [1.82, 2.24) is 15.5 Å². The lowest BCUT2D eigenvalue weighted by atomic mass is 10.2. The van der Waals surface area contributed by atoms with Crippen LogP contribution >= 0.6 is 0 Å². The van der Waals surface area contributed by atoms with Gasteiger partial charge in [-0.1, -0.05) is 6.92 Å². The van der Waals surface area contributed by atoms with Crippen molar-refractivity contribution in [3.8, 4) is 0 Å². The first kappa shape index (κ1) is 16.2. The van der Waals surface area contributed by atoms with Gasteiger partial charge in [-0.05, 0) is 20.3 Å². The molecule has 0 heterocycles. The average Bonchev–Trinajstić information content (AvgIpc) is 2.34. The lowest BCUT2D eigenvalue weighted by molar-refractivity contribution is -0.139. The van der Waals surface area contributed by atoms with Gasteiger partial charge in [0.2, 0.25) is 5.91 Å². The van der Waals surface area contributed by atoms with Crippen LogP contribution in [0.2, 0.25) is 0 Å². The first-order valence-corrected chi connectivity index (χ1v) is 6.01. The molecule has 0 aliphatic heterocycles. The molecule has 0 saturated carbocycles. The van der Waals surface area contributed by atoms with Gasteiger partial charge in [0.15, 0.2) is 0 Å². The van der Waals surface area contributed by atoms with Crippen molar-refractivity contribution in [1.29, 1.82) is 0 Å². The molecule has 1 atom stereocenters. The van der Waals surface area contributed by atoms with E-state index in [1.54, 1.807) is 11.8 Å². The normalized spacial score (nSPS) is 11.5. The first-order valence-electron chi connectivity index (χ1n) is 6.01. The molecule has 0 aliphatic rings. The number of nitrogens with one attached hydrogen (secondary N) is 2. The second-order valence-corrected chi connectivity index (χ2v) is 3.69. The quantitative estimate of drug-likeness (QED) is 0.600. The van der Waals surface area contributed by atoms with E-state index in [1.165, 1.54) is 0 Å². The van der Waals surface area contributed by atoms with Crippen LogP contribution in [-0.2, 0) is 9.59 Å². The molecule has 0 bridgehead atoms. The van der Waals surface area contributed by atoms with E-state index in [1.807, 2.05) is 13.8 Å². The van der Waals surface area contributed by atoms with Gasteiger partial charge in [0.1, 0.15) is 6.04 Å². The van der Waals surface area contributed by atoms with Crippen molar-refractivity contribution in [2.75, 3.05) is 19.6 Å². The van der Waals surface area contributed by atoms with E-state index < -0.39 is 18.0 Å². The largest absolute Gasteiger partial charge is 0.480 e. The van der Waals surface area contributed by atoms with Crippen LogP contribution in [-0.4, -0.2) is 53.6 Å². The predicted molar refractivity (Wildman–Crippen MR) is 66.2 cm³/mol. The molecular formula is C11H21N3O4. The molecule has 7 nitrogen and oxygen atoms in total. The number of carbonyl (C=O) groups is 3. The number of hydrogen-bond acceptors (Lipinski definition) is 3. The Morgan fingerprint density at radius 1 is 1.17 bits per heavy atom. The number of carboxylic acid groups (broad SMARTS) is 1. The Bertz CT molecular complexity index is 303. The molecule has 3 N–H and O–H groups in total. The summed E-state index contributed by atoms with van der Waals surface area (Å²) in [5, 5.41) is 13.4. The molecule has 0 aromatic carbocycles. The highest BCUT2D eigenvalue weighted by atomic mass is 16.4. The van der Waals surface area contributed by atoms with Crippen LogP contribution in [0.15, 0.2) is 0 Å². The summed E-state index contributed by atoms with van der Waals surface area (Å²) < 4.78 is 0. The zero-order chi connectivity index (χ0) is 14.1. The highest BCUT2D eigenvalue weighted by molar-refractivity contribution is 5.86. The monoisotopic (exact) mass is 259 g/mol. The smallest absolute Gasteiger partial charge is 0.326 e. The lowest BCUT2D eigenvalue weighted by Crippen LogP contribution is -2.48. The van der Waals surface area contributed by atoms with Gasteiger partial charge < -0.3 is 20.6 Å². The SMILES string of the molecule is CCC(NC(=O)NCC(=O)N(CC)CC)C(=O)O. The summed E-state index contributed by atoms with van der Waals surface area (Å²) in [5.41, 5.74) is 0. The average molecular weight is 259 g/mol. The van der Waals surface area contributed by atoms with E-state index in [9.17, 15) is 14.4 Å². The molecule has 0 rings (SSSR count). The molecule has 18 heavy (non-hydrogen) atoms. The molecule has 0 radical (unpaired) electrons. The van der Waals surface area contributed by atoms with Crippen LogP contribution in [0, 0.1) is 0 Å². The molecule has 0 spiro atoms. The van der Waals surface area contributed by atoms with Crippen molar-refractivity contribution < 1.29 is 19.5 Å². The van der Waals surface area contributed by atoms with Crippen molar-refractivity contribution in [2.45, 2.75) is 33.2 Å². The van der Waals surface area contributed by atoms with E-state index in [0.29, 0.717) is 13.1 Å². The van der Waals surface area contributed by atoms with Gasteiger partial charge in [-0.25, -0.2) is 9.59 Å². The maximum atomic E-state index is 11.6. The molecule has 0 fully saturated rings. The second-order valence-electron chi connectivity index (χ2n) is 3.69. The van der Waals surface area contributed by atoms with Gasteiger partial charge in [0.25, 0.3) is 0 Å². The number of hydrogen-bond donors (Lipinski definition) is 3. The molecule has 0 aromatic heterocycles. The van der Waals surface area contributed by atoms with E-state index in [4.69, 9.17) is 5.11 Å². The molecule has 0 aliphatic carbocycles. The van der Waals surface area contributed by atoms with Crippen LogP contribution < -0.4 is 10.6 Å². The summed E-state index contributed by atoms with van der Waals surface area (Å²) in [6.07, 6.45) is 0.284. The molecular weight excluding hydrogens is 238 g/mol. The van der Waals surface area contributed by atoms with Crippen molar-refractivity contribution in [2.24, 2.45) is 0 Å². The van der Waals surface area contributed by atoms with Crippen molar-refractivity contribution in [3.63, 3.8) is 0 Å². The Morgan fingerprint density at radius 2 is 1.72 bits per heavy atom. The fourth-order valence-electron chi connectivity index (χ4n) is 1.39. The highest BCUT2D eigenvalue weighted by Crippen LogP contribution is 1.91. The number of aliphatic carboxylic acids is 1. The summed E-state index contributed by atoms with van der Waals surface area (Å²) >= 11 is 0. The predicted octanol–water partition coefficient (Wildman–Crippen LogP) is 0.0172. The Balaban J connectivity index is 4.10. The van der Waals surface area contributed by atoms with E-state index in [0.717, 1.165) is 0 Å². The molecule has 3 amide bonds. The summed E-state index contributed by atoms with van der Waals surface area (Å²) in [5.74, 6) is -1.29. The third-order valence-corrected chi connectivity index (χ3v) is 2.53. The lowest BCUT2D eigenvalue weighted by Gasteiger charge is -2.19. The number of likely N-dealkylation sites (N-methyl/N-ethyl adjacent to an activating group) is 1. The fourth-order valence-corrected chi connectivity index (χ4v) is 1.39. The molecule has 7 heteroatoms. The second kappa shape index (κ2) is 8.32. The van der Waals surface area contributed by atoms with Crippen molar-refractivity contribution >= 4 is 17.9 Å². The van der Waals surface area contributed by atoms with Gasteiger partial charge in [-0.3, -0.25) is 4.79 Å². The number of carbonyl (C=O) groups excluding carboxylic acids is 2. The molecule has 104 valence electrons. The Morgan fingerprint density at radius 3 is 2.11 bits per heavy atom. The summed E-state index contributed by atoms with van der Waals surface area (Å²) in [6, 6.07) is -1.58. The topological polar surface area (TPSA) is 98.7 Å². The van der Waals surface area contributed by atoms with Gasteiger partial charge >= 0.3 is 12.0 Å². The summed E-state index contributed by atoms with van der Waals surface area (Å²) in [7, 11) is 0. The fraction of sp³-hybridized carbons (Fsp3) is 0.727. The van der Waals surface area contributed by atoms with E-state index in [2.05, 4.69) is 10.6 Å². The van der Waals surface area contributed by atoms with Gasteiger partial charge in [0.05, 0.1) is 6.54 Å². The minimum Gasteiger partial charge on any atom is -0.480 e. The maximum Gasteiger partial charge on any atom is 0.326 e. The summed E-state index contributed by atoms with van der Waals surface area (Å²) in [4.78, 5) is 35.2. The Kier molecular flexibility index (Phi) is 7.50. The summed E-state index contributed by atoms with van der Waals surface area (Å²) in [6.45, 7) is 6.36. The van der Waals surface area contributed by atoms with Crippen molar-refractivity contribution in [3.05, 3.63) is 0 Å². The van der Waals surface area contributed by atoms with Gasteiger partial charge in [-0.2, -0.15) is 0 Å². The third kappa shape index (κ3) is 5.51. The Labute approximate surface area is 107 Å². The van der Waals surface area contributed by atoms with E-state index >= 15 is 0 Å². The molecule has 0 saturated heterocycles. The van der Waals surface area contributed by atoms with Gasteiger partial charge in [-0.15, -0.1) is 0 Å².